The van der Waals surface area contributed by atoms with Crippen molar-refractivity contribution in [2.45, 2.75) is 12.0 Å². The van der Waals surface area contributed by atoms with Crippen molar-refractivity contribution in [3.63, 3.8) is 0 Å². The highest BCUT2D eigenvalue weighted by atomic mass is 16.5. The molecule has 0 aliphatic carbocycles. The lowest BCUT2D eigenvalue weighted by molar-refractivity contribution is -0.109. The van der Waals surface area contributed by atoms with E-state index in [0.717, 1.165) is 34.0 Å². The summed E-state index contributed by atoms with van der Waals surface area (Å²) in [6.07, 6.45) is 2.91. The van der Waals surface area contributed by atoms with Gasteiger partial charge in [-0.2, -0.15) is 0 Å². The highest BCUT2D eigenvalue weighted by molar-refractivity contribution is 5.87. The number of fused-ring (bicyclic) bond motifs is 1. The molecule has 0 fully saturated rings. The number of ether oxygens (including phenoxy) is 3. The monoisotopic (exact) mass is 430 g/mol. The summed E-state index contributed by atoms with van der Waals surface area (Å²) in [4.78, 5) is 15.8. The first-order valence-electron chi connectivity index (χ1n) is 10.3. The Kier molecular flexibility index (Phi) is 6.31. The zero-order valence-electron chi connectivity index (χ0n) is 18.3. The van der Waals surface area contributed by atoms with Gasteiger partial charge in [-0.1, -0.05) is 48.5 Å². The van der Waals surface area contributed by atoms with Crippen LogP contribution in [0.2, 0.25) is 0 Å². The molecule has 4 rings (SSSR count). The molecule has 0 aliphatic rings. The van der Waals surface area contributed by atoms with Gasteiger partial charge in [-0.05, 0) is 17.2 Å². The molecular weight excluding hydrogens is 404 g/mol. The largest absolute Gasteiger partial charge is 0.493 e. The van der Waals surface area contributed by atoms with E-state index in [1.807, 2.05) is 72.9 Å². The van der Waals surface area contributed by atoms with Crippen molar-refractivity contribution in [2.24, 2.45) is 0 Å². The van der Waals surface area contributed by atoms with Crippen molar-refractivity contribution < 1.29 is 19.0 Å². The molecule has 0 saturated heterocycles. The molecular formula is C26H26N2O4. The van der Waals surface area contributed by atoms with Gasteiger partial charge in [0.1, 0.15) is 6.29 Å². The number of H-pyrrole nitrogens is 1. The van der Waals surface area contributed by atoms with Gasteiger partial charge in [-0.3, -0.25) is 0 Å². The SMILES string of the molecule is COc1cc(NC(c2ccccc2)C(C=O)c2c[nH]c3ccccc23)cc(OC)c1OC. The second-order valence-electron chi connectivity index (χ2n) is 7.40. The number of rotatable bonds is 9. The third-order valence-corrected chi connectivity index (χ3v) is 5.63. The van der Waals surface area contributed by atoms with Crippen molar-refractivity contribution in [2.75, 3.05) is 26.6 Å². The molecule has 2 atom stereocenters. The number of anilines is 1. The normalized spacial score (nSPS) is 12.7. The van der Waals surface area contributed by atoms with Gasteiger partial charge in [-0.25, -0.2) is 0 Å². The Bertz CT molecular complexity index is 1180. The van der Waals surface area contributed by atoms with Gasteiger partial charge in [0.05, 0.1) is 33.3 Å². The number of nitrogens with one attached hydrogen (secondary N) is 2. The number of aromatic amines is 1. The fourth-order valence-electron chi connectivity index (χ4n) is 4.09. The summed E-state index contributed by atoms with van der Waals surface area (Å²) in [6, 6.07) is 21.3. The lowest BCUT2D eigenvalue weighted by Gasteiger charge is -2.26. The van der Waals surface area contributed by atoms with Crippen molar-refractivity contribution >= 4 is 22.9 Å². The summed E-state index contributed by atoms with van der Waals surface area (Å²) < 4.78 is 16.4. The topological polar surface area (TPSA) is 72.6 Å². The Morgan fingerprint density at radius 2 is 1.53 bits per heavy atom. The molecule has 0 saturated carbocycles. The standard InChI is InChI=1S/C26H26N2O4/c1-30-23-13-18(14-24(31-2)26(23)32-3)28-25(17-9-5-4-6-10-17)21(16-29)20-15-27-22-12-8-7-11-19(20)22/h4-16,21,25,27-28H,1-3H3. The van der Waals surface area contributed by atoms with Crippen LogP contribution < -0.4 is 19.5 Å². The van der Waals surface area contributed by atoms with Crippen LogP contribution >= 0.6 is 0 Å². The first-order valence-corrected chi connectivity index (χ1v) is 10.3. The van der Waals surface area contributed by atoms with E-state index in [0.29, 0.717) is 17.2 Å². The van der Waals surface area contributed by atoms with Crippen LogP contribution in [-0.2, 0) is 4.79 Å². The number of aldehydes is 1. The Morgan fingerprint density at radius 3 is 2.16 bits per heavy atom. The predicted molar refractivity (Wildman–Crippen MR) is 126 cm³/mol. The van der Waals surface area contributed by atoms with Gasteiger partial charge in [0.25, 0.3) is 0 Å². The minimum Gasteiger partial charge on any atom is -0.493 e. The van der Waals surface area contributed by atoms with Crippen LogP contribution in [0.5, 0.6) is 17.2 Å². The molecule has 32 heavy (non-hydrogen) atoms. The van der Waals surface area contributed by atoms with Gasteiger partial charge in [0.2, 0.25) is 5.75 Å². The first kappa shape index (κ1) is 21.3. The van der Waals surface area contributed by atoms with Crippen molar-refractivity contribution in [3.05, 3.63) is 84.1 Å². The van der Waals surface area contributed by atoms with Gasteiger partial charge >= 0.3 is 0 Å². The Morgan fingerprint density at radius 1 is 0.875 bits per heavy atom. The third kappa shape index (κ3) is 3.99. The maximum atomic E-state index is 12.5. The van der Waals surface area contributed by atoms with Crippen LogP contribution in [-0.4, -0.2) is 32.6 Å². The fraction of sp³-hybridized carbons (Fsp3) is 0.192. The molecule has 0 spiro atoms. The number of para-hydroxylation sites is 1. The summed E-state index contributed by atoms with van der Waals surface area (Å²) in [5.74, 6) is 1.15. The maximum Gasteiger partial charge on any atom is 0.203 e. The van der Waals surface area contributed by atoms with Gasteiger partial charge in [0, 0.05) is 34.9 Å². The zero-order chi connectivity index (χ0) is 22.5. The average molecular weight is 431 g/mol. The zero-order valence-corrected chi connectivity index (χ0v) is 18.3. The van der Waals surface area contributed by atoms with Crippen molar-refractivity contribution in [1.29, 1.82) is 0 Å². The lowest BCUT2D eigenvalue weighted by Crippen LogP contribution is -2.21. The summed E-state index contributed by atoms with van der Waals surface area (Å²) >= 11 is 0. The summed E-state index contributed by atoms with van der Waals surface area (Å²) in [5, 5.41) is 4.56. The molecule has 4 aromatic rings. The summed E-state index contributed by atoms with van der Waals surface area (Å²) in [7, 11) is 4.73. The predicted octanol–water partition coefficient (Wildman–Crippen LogP) is 5.33. The second kappa shape index (κ2) is 9.47. The van der Waals surface area contributed by atoms with Crippen LogP contribution in [0.3, 0.4) is 0 Å². The van der Waals surface area contributed by atoms with E-state index in [9.17, 15) is 4.79 Å². The molecule has 1 aromatic heterocycles. The average Bonchev–Trinajstić information content (AvgIpc) is 3.27. The van der Waals surface area contributed by atoms with Crippen LogP contribution in [0.15, 0.2) is 72.9 Å². The molecule has 3 aromatic carbocycles. The summed E-state index contributed by atoms with van der Waals surface area (Å²) in [5.41, 5.74) is 3.67. The summed E-state index contributed by atoms with van der Waals surface area (Å²) in [6.45, 7) is 0. The molecule has 6 nitrogen and oxygen atoms in total. The smallest absolute Gasteiger partial charge is 0.203 e. The Hall–Kier alpha value is -3.93. The van der Waals surface area contributed by atoms with Gasteiger partial charge < -0.3 is 29.3 Å². The van der Waals surface area contributed by atoms with E-state index in [1.54, 1.807) is 21.3 Å². The van der Waals surface area contributed by atoms with E-state index in [4.69, 9.17) is 14.2 Å². The quantitative estimate of drug-likeness (QED) is 0.351. The number of aromatic nitrogens is 1. The van der Waals surface area contributed by atoms with E-state index in [-0.39, 0.29) is 6.04 Å². The molecule has 2 unspecified atom stereocenters. The maximum absolute atomic E-state index is 12.5. The second-order valence-corrected chi connectivity index (χ2v) is 7.40. The highest BCUT2D eigenvalue weighted by Crippen LogP contribution is 2.42. The molecule has 164 valence electrons. The minimum absolute atomic E-state index is 0.323. The molecule has 0 aliphatic heterocycles. The van der Waals surface area contributed by atoms with Crippen molar-refractivity contribution in [3.8, 4) is 17.2 Å². The fourth-order valence-corrected chi connectivity index (χ4v) is 4.09. The third-order valence-electron chi connectivity index (χ3n) is 5.63. The molecule has 0 bridgehead atoms. The molecule has 2 N–H and O–H groups in total. The van der Waals surface area contributed by atoms with E-state index >= 15 is 0 Å². The van der Waals surface area contributed by atoms with Crippen LogP contribution in [0.4, 0.5) is 5.69 Å². The molecule has 6 heteroatoms. The number of hydrogen-bond acceptors (Lipinski definition) is 5. The minimum atomic E-state index is -0.437. The van der Waals surface area contributed by atoms with Gasteiger partial charge in [0.15, 0.2) is 11.5 Å². The number of benzene rings is 3. The number of carbonyl (C=O) groups is 1. The highest BCUT2D eigenvalue weighted by Gasteiger charge is 2.27. The van der Waals surface area contributed by atoms with Crippen molar-refractivity contribution in [1.82, 2.24) is 4.98 Å². The number of methoxy groups -OCH3 is 3. The lowest BCUT2D eigenvalue weighted by atomic mass is 9.87. The Balaban J connectivity index is 1.81. The van der Waals surface area contributed by atoms with E-state index in [2.05, 4.69) is 10.3 Å². The van der Waals surface area contributed by atoms with Gasteiger partial charge in [-0.15, -0.1) is 0 Å². The van der Waals surface area contributed by atoms with Crippen LogP contribution in [0, 0.1) is 0 Å². The molecule has 0 amide bonds. The Labute approximate surface area is 187 Å². The number of carbonyl (C=O) groups excluding carboxylic acids is 1. The van der Waals surface area contributed by atoms with E-state index in [1.165, 1.54) is 0 Å². The van der Waals surface area contributed by atoms with Crippen LogP contribution in [0.25, 0.3) is 10.9 Å². The van der Waals surface area contributed by atoms with E-state index < -0.39 is 5.92 Å². The molecule has 1 heterocycles. The van der Waals surface area contributed by atoms with Crippen LogP contribution in [0.1, 0.15) is 23.1 Å². The first-order chi connectivity index (χ1) is 15.7. The molecule has 0 radical (unpaired) electrons. The number of hydrogen-bond donors (Lipinski definition) is 2.